The Bertz CT molecular complexity index is 685. The first-order chi connectivity index (χ1) is 11.1. The number of carbonyl (C=O) groups is 1. The van der Waals surface area contributed by atoms with Crippen molar-refractivity contribution in [3.05, 3.63) is 59.7 Å². The van der Waals surface area contributed by atoms with Gasteiger partial charge in [-0.15, -0.1) is 24.8 Å². The molecule has 3 rings (SSSR count). The summed E-state index contributed by atoms with van der Waals surface area (Å²) in [4.78, 5) is 14.7. The van der Waals surface area contributed by atoms with Crippen LogP contribution in [0.3, 0.4) is 0 Å². The quantitative estimate of drug-likeness (QED) is 0.838. The second kappa shape index (κ2) is 9.66. The van der Waals surface area contributed by atoms with E-state index in [4.69, 9.17) is 5.73 Å². The highest BCUT2D eigenvalue weighted by molar-refractivity contribution is 5.95. The summed E-state index contributed by atoms with van der Waals surface area (Å²) in [6, 6.07) is 15.1. The van der Waals surface area contributed by atoms with Crippen LogP contribution in [0.5, 0.6) is 0 Å². The Morgan fingerprint density at radius 1 is 1.08 bits per heavy atom. The van der Waals surface area contributed by atoms with Gasteiger partial charge in [-0.1, -0.05) is 35.9 Å². The molecule has 1 aliphatic rings. The molecule has 3 N–H and O–H groups in total. The molecule has 1 saturated heterocycles. The van der Waals surface area contributed by atoms with E-state index in [-0.39, 0.29) is 30.7 Å². The summed E-state index contributed by atoms with van der Waals surface area (Å²) in [5.74, 6) is -0.188. The Morgan fingerprint density at radius 3 is 2.36 bits per heavy atom. The zero-order chi connectivity index (χ0) is 16.2. The molecule has 1 aliphatic heterocycles. The average Bonchev–Trinajstić information content (AvgIpc) is 3.10. The van der Waals surface area contributed by atoms with Crippen LogP contribution in [0.15, 0.2) is 48.5 Å². The summed E-state index contributed by atoms with van der Waals surface area (Å²) < 4.78 is 0. The number of nitrogens with two attached hydrogens (primary N) is 1. The van der Waals surface area contributed by atoms with Crippen LogP contribution in [0.4, 0.5) is 11.4 Å². The first-order valence-electron chi connectivity index (χ1n) is 8.11. The van der Waals surface area contributed by atoms with Crippen LogP contribution in [-0.4, -0.2) is 19.0 Å². The molecule has 0 aliphatic carbocycles. The molecule has 4 nitrogen and oxygen atoms in total. The van der Waals surface area contributed by atoms with Crippen molar-refractivity contribution in [2.45, 2.75) is 25.8 Å². The SMILES string of the molecule is Cc1ccc(C(N)C(=O)Nc2cccc(N3CCCC3)c2)cc1.Cl.Cl. The van der Waals surface area contributed by atoms with Crippen molar-refractivity contribution in [3.63, 3.8) is 0 Å². The summed E-state index contributed by atoms with van der Waals surface area (Å²) >= 11 is 0. The maximum absolute atomic E-state index is 12.4. The predicted octanol–water partition coefficient (Wildman–Crippen LogP) is 4.08. The number of rotatable bonds is 4. The number of carbonyl (C=O) groups excluding carboxylic acids is 1. The molecule has 6 heteroatoms. The van der Waals surface area contributed by atoms with Crippen LogP contribution in [-0.2, 0) is 4.79 Å². The van der Waals surface area contributed by atoms with Crippen LogP contribution in [0.1, 0.15) is 30.0 Å². The van der Waals surface area contributed by atoms with Crippen LogP contribution >= 0.6 is 24.8 Å². The summed E-state index contributed by atoms with van der Waals surface area (Å²) in [7, 11) is 0. The lowest BCUT2D eigenvalue weighted by atomic mass is 10.1. The van der Waals surface area contributed by atoms with Crippen molar-refractivity contribution < 1.29 is 4.79 Å². The van der Waals surface area contributed by atoms with E-state index < -0.39 is 6.04 Å². The predicted molar refractivity (Wildman–Crippen MR) is 109 cm³/mol. The molecule has 1 unspecified atom stereocenters. The summed E-state index contributed by atoms with van der Waals surface area (Å²) in [6.07, 6.45) is 2.46. The number of hydrogen-bond donors (Lipinski definition) is 2. The first-order valence-corrected chi connectivity index (χ1v) is 8.11. The van der Waals surface area contributed by atoms with E-state index in [1.807, 2.05) is 49.4 Å². The Kier molecular flexibility index (Phi) is 8.23. The molecule has 136 valence electrons. The number of halogens is 2. The molecule has 0 spiro atoms. The van der Waals surface area contributed by atoms with Crippen LogP contribution < -0.4 is 16.0 Å². The zero-order valence-corrected chi connectivity index (χ0v) is 15.9. The molecule has 2 aromatic carbocycles. The lowest BCUT2D eigenvalue weighted by molar-refractivity contribution is -0.117. The second-order valence-corrected chi connectivity index (χ2v) is 6.12. The van der Waals surface area contributed by atoms with Crippen LogP contribution in [0, 0.1) is 6.92 Å². The van der Waals surface area contributed by atoms with Crippen LogP contribution in [0.2, 0.25) is 0 Å². The third-order valence-electron chi connectivity index (χ3n) is 4.30. The number of nitrogens with one attached hydrogen (secondary N) is 1. The lowest BCUT2D eigenvalue weighted by Crippen LogP contribution is -2.27. The fourth-order valence-electron chi connectivity index (χ4n) is 2.90. The standard InChI is InChI=1S/C19H23N3O.2ClH/c1-14-7-9-15(10-8-14)18(20)19(23)21-16-5-4-6-17(13-16)22-11-2-3-12-22;;/h4-10,13,18H,2-3,11-12,20H2,1H3,(H,21,23);2*1H. The topological polar surface area (TPSA) is 58.4 Å². The van der Waals surface area contributed by atoms with E-state index >= 15 is 0 Å². The van der Waals surface area contributed by atoms with E-state index in [9.17, 15) is 4.79 Å². The molecule has 0 radical (unpaired) electrons. The zero-order valence-electron chi connectivity index (χ0n) is 14.3. The Labute approximate surface area is 161 Å². The van der Waals surface area contributed by atoms with Gasteiger partial charge < -0.3 is 16.0 Å². The smallest absolute Gasteiger partial charge is 0.245 e. The molecule has 1 amide bonds. The minimum atomic E-state index is -0.661. The fourth-order valence-corrected chi connectivity index (χ4v) is 2.90. The highest BCUT2D eigenvalue weighted by atomic mass is 35.5. The van der Waals surface area contributed by atoms with E-state index in [0.29, 0.717) is 0 Å². The van der Waals surface area contributed by atoms with Crippen molar-refractivity contribution in [2.24, 2.45) is 5.73 Å². The van der Waals surface area contributed by atoms with Gasteiger partial charge in [-0.25, -0.2) is 0 Å². The van der Waals surface area contributed by atoms with Gasteiger partial charge in [-0.3, -0.25) is 4.79 Å². The fraction of sp³-hybridized carbons (Fsp3) is 0.316. The van der Waals surface area contributed by atoms with Crippen molar-refractivity contribution in [1.82, 2.24) is 0 Å². The van der Waals surface area contributed by atoms with Gasteiger partial charge in [0, 0.05) is 24.5 Å². The van der Waals surface area contributed by atoms with Crippen molar-refractivity contribution >= 4 is 42.1 Å². The third kappa shape index (κ3) is 5.36. The van der Waals surface area contributed by atoms with Gasteiger partial charge in [-0.2, -0.15) is 0 Å². The van der Waals surface area contributed by atoms with E-state index in [1.165, 1.54) is 12.8 Å². The Morgan fingerprint density at radius 2 is 1.72 bits per heavy atom. The molecule has 25 heavy (non-hydrogen) atoms. The van der Waals surface area contributed by atoms with Gasteiger partial charge in [0.1, 0.15) is 6.04 Å². The molecule has 0 bridgehead atoms. The van der Waals surface area contributed by atoms with Crippen LogP contribution in [0.25, 0.3) is 0 Å². The number of amides is 1. The number of hydrogen-bond acceptors (Lipinski definition) is 3. The third-order valence-corrected chi connectivity index (χ3v) is 4.30. The molecular weight excluding hydrogens is 357 g/mol. The minimum Gasteiger partial charge on any atom is -0.371 e. The molecule has 1 fully saturated rings. The number of anilines is 2. The summed E-state index contributed by atoms with van der Waals surface area (Å²) in [5, 5.41) is 2.93. The Hall–Kier alpha value is -1.75. The molecule has 1 heterocycles. The monoisotopic (exact) mass is 381 g/mol. The van der Waals surface area contributed by atoms with Gasteiger partial charge in [0.15, 0.2) is 0 Å². The van der Waals surface area contributed by atoms with Crippen molar-refractivity contribution in [3.8, 4) is 0 Å². The van der Waals surface area contributed by atoms with Crippen molar-refractivity contribution in [2.75, 3.05) is 23.3 Å². The molecule has 0 saturated carbocycles. The van der Waals surface area contributed by atoms with E-state index in [1.54, 1.807) is 0 Å². The maximum atomic E-state index is 12.4. The second-order valence-electron chi connectivity index (χ2n) is 6.12. The molecule has 2 aromatic rings. The van der Waals surface area contributed by atoms with Gasteiger partial charge in [0.25, 0.3) is 0 Å². The lowest BCUT2D eigenvalue weighted by Gasteiger charge is -2.19. The van der Waals surface area contributed by atoms with Gasteiger partial charge in [-0.05, 0) is 43.5 Å². The number of benzene rings is 2. The molecular formula is C19H25Cl2N3O. The number of aryl methyl sites for hydroxylation is 1. The maximum Gasteiger partial charge on any atom is 0.245 e. The Balaban J connectivity index is 0.00000156. The normalized spacial score (nSPS) is 14.2. The first kappa shape index (κ1) is 21.3. The van der Waals surface area contributed by atoms with Gasteiger partial charge in [0.2, 0.25) is 5.91 Å². The minimum absolute atomic E-state index is 0. The van der Waals surface area contributed by atoms with Gasteiger partial charge >= 0.3 is 0 Å². The summed E-state index contributed by atoms with van der Waals surface area (Å²) in [6.45, 7) is 4.18. The van der Waals surface area contributed by atoms with E-state index in [0.717, 1.165) is 35.6 Å². The van der Waals surface area contributed by atoms with Crippen molar-refractivity contribution in [1.29, 1.82) is 0 Å². The van der Waals surface area contributed by atoms with E-state index in [2.05, 4.69) is 16.3 Å². The average molecular weight is 382 g/mol. The highest BCUT2D eigenvalue weighted by Gasteiger charge is 2.17. The summed E-state index contributed by atoms with van der Waals surface area (Å²) in [5.41, 5.74) is 10.00. The number of nitrogens with zero attached hydrogens (tertiary/aromatic N) is 1. The van der Waals surface area contributed by atoms with Gasteiger partial charge in [0.05, 0.1) is 0 Å². The largest absolute Gasteiger partial charge is 0.371 e. The molecule has 0 aromatic heterocycles. The highest BCUT2D eigenvalue weighted by Crippen LogP contribution is 2.24. The molecule has 1 atom stereocenters.